The molecule has 2 rings (SSSR count). The van der Waals surface area contributed by atoms with Crippen LogP contribution in [0.5, 0.6) is 0 Å². The van der Waals surface area contributed by atoms with Gasteiger partial charge < -0.3 is 27.1 Å². The van der Waals surface area contributed by atoms with Crippen LogP contribution in [0.25, 0.3) is 5.69 Å². The molecule has 76 valence electrons. The minimum Gasteiger partial charge on any atom is -0.740 e. The van der Waals surface area contributed by atoms with E-state index in [0.717, 1.165) is 5.69 Å². The van der Waals surface area contributed by atoms with E-state index in [1.54, 1.807) is 16.7 Å². The minimum atomic E-state index is -1.20. The van der Waals surface area contributed by atoms with Gasteiger partial charge in [-0.25, -0.2) is 0 Å². The fourth-order valence-electron chi connectivity index (χ4n) is 1.16. The number of benzene rings is 1. The van der Waals surface area contributed by atoms with Gasteiger partial charge in [-0.05, 0) is 17.7 Å². The normalized spacial score (nSPS) is 8.94. The first-order valence-electron chi connectivity index (χ1n) is 4.07. The van der Waals surface area contributed by atoms with E-state index in [1.165, 1.54) is 18.5 Å². The molecular weight excluding hydrogens is 260 g/mol. The van der Waals surface area contributed by atoms with E-state index in [4.69, 9.17) is 12.6 Å². The molecule has 1 aromatic heterocycles. The van der Waals surface area contributed by atoms with Crippen LogP contribution in [-0.2, 0) is 12.6 Å². The van der Waals surface area contributed by atoms with Gasteiger partial charge >= 0.3 is 59.1 Å². The molecule has 0 aliphatic carbocycles. The van der Waals surface area contributed by atoms with E-state index in [9.17, 15) is 9.90 Å². The Balaban J connectivity index is 0.00000128. The summed E-state index contributed by atoms with van der Waals surface area (Å²) in [6, 6.07) is 6.12. The maximum atomic E-state index is 10.5. The van der Waals surface area contributed by atoms with Crippen molar-refractivity contribution in [3.8, 4) is 5.69 Å². The molecule has 1 heterocycles. The molecule has 0 aliphatic rings. The van der Waals surface area contributed by atoms with Crippen molar-refractivity contribution in [2.45, 2.75) is 5.16 Å². The number of nitrogens with zero attached hydrogens (tertiary/aromatic N) is 3. The van der Waals surface area contributed by atoms with Crippen LogP contribution in [0.15, 0.2) is 35.7 Å². The molecule has 0 radical (unpaired) electrons. The summed E-state index contributed by atoms with van der Waals surface area (Å²) in [5, 5.41) is 18.1. The summed E-state index contributed by atoms with van der Waals surface area (Å²) in [7, 11) is 0. The summed E-state index contributed by atoms with van der Waals surface area (Å²) in [5.74, 6) is -1.20. The van der Waals surface area contributed by atoms with Crippen LogP contribution >= 0.6 is 0 Å². The summed E-state index contributed by atoms with van der Waals surface area (Å²) in [4.78, 5) is 10.5. The number of carbonyl (C=O) groups is 1. The van der Waals surface area contributed by atoms with Crippen LogP contribution in [0.4, 0.5) is 0 Å². The van der Waals surface area contributed by atoms with Crippen molar-refractivity contribution in [2.75, 3.05) is 0 Å². The molecule has 0 saturated heterocycles. The molecule has 1 aromatic carbocycles. The molecule has 0 fully saturated rings. The zero-order chi connectivity index (χ0) is 10.8. The third kappa shape index (κ3) is 4.03. The van der Waals surface area contributed by atoms with E-state index in [2.05, 4.69) is 10.2 Å². The zero-order valence-electron chi connectivity index (χ0n) is 9.45. The number of hydrogen-bond acceptors (Lipinski definition) is 5. The monoisotopic (exact) mass is 265 g/mol. The second-order valence-corrected chi connectivity index (χ2v) is 3.18. The Morgan fingerprint density at radius 1 is 1.24 bits per heavy atom. The van der Waals surface area contributed by atoms with Gasteiger partial charge in [-0.1, -0.05) is 12.1 Å². The number of carboxylic acids is 1. The number of aromatic carboxylic acids is 1. The van der Waals surface area contributed by atoms with Crippen LogP contribution in [0, 0.1) is 0 Å². The molecule has 5 nitrogen and oxygen atoms in total. The molecule has 0 atom stereocenters. The largest absolute Gasteiger partial charge is 1.00 e. The average Bonchev–Trinajstić information content (AvgIpc) is 2.65. The molecule has 0 bridgehead atoms. The van der Waals surface area contributed by atoms with Gasteiger partial charge in [0.1, 0.15) is 6.33 Å². The standard InChI is InChI=1S/C9H7N3O2S.2Na/c13-8(14)6-1-3-7(4-2-6)12-5-10-11-9(12)15;;/h1-5H,(H,11,15)(H,13,14);;/q;2*+1/p-2. The second-order valence-electron chi connectivity index (χ2n) is 2.82. The van der Waals surface area contributed by atoms with E-state index in [1.807, 2.05) is 0 Å². The summed E-state index contributed by atoms with van der Waals surface area (Å²) in [5.41, 5.74) is 0.841. The predicted molar refractivity (Wildman–Crippen MR) is 51.3 cm³/mol. The van der Waals surface area contributed by atoms with Crippen molar-refractivity contribution in [1.82, 2.24) is 14.8 Å². The third-order valence-electron chi connectivity index (χ3n) is 1.90. The van der Waals surface area contributed by atoms with E-state index >= 15 is 0 Å². The van der Waals surface area contributed by atoms with Gasteiger partial charge in [0.25, 0.3) is 0 Å². The molecular formula is C9H5N3Na2O2S. The Kier molecular flexibility index (Phi) is 7.50. The minimum absolute atomic E-state index is 0. The molecule has 0 saturated carbocycles. The Bertz CT molecular complexity index is 501. The van der Waals surface area contributed by atoms with Crippen LogP contribution in [-0.4, -0.2) is 20.7 Å². The SMILES string of the molecule is O=C([O-])c1ccc(-n2cnnc2[S-])cc1.[Na+].[Na+]. The Morgan fingerprint density at radius 2 is 1.82 bits per heavy atom. The molecule has 8 heteroatoms. The second kappa shape index (κ2) is 7.48. The topological polar surface area (TPSA) is 70.8 Å². The molecule has 0 amide bonds. The van der Waals surface area contributed by atoms with Gasteiger partial charge in [-0.3, -0.25) is 0 Å². The zero-order valence-corrected chi connectivity index (χ0v) is 14.3. The Labute approximate surface area is 148 Å². The quantitative estimate of drug-likeness (QED) is 0.399. The van der Waals surface area contributed by atoms with E-state index < -0.39 is 5.97 Å². The summed E-state index contributed by atoms with van der Waals surface area (Å²) in [6.45, 7) is 0. The maximum absolute atomic E-state index is 10.5. The Morgan fingerprint density at radius 3 is 2.24 bits per heavy atom. The maximum Gasteiger partial charge on any atom is 1.00 e. The molecule has 0 N–H and O–H groups in total. The van der Waals surface area contributed by atoms with Crippen molar-refractivity contribution in [1.29, 1.82) is 0 Å². The first kappa shape index (κ1) is 17.1. The molecule has 0 aliphatic heterocycles. The predicted octanol–water partition coefficient (Wildman–Crippen LogP) is -6.46. The summed E-state index contributed by atoms with van der Waals surface area (Å²) in [6.07, 6.45) is 1.47. The van der Waals surface area contributed by atoms with Crippen molar-refractivity contribution < 1.29 is 69.0 Å². The first-order chi connectivity index (χ1) is 7.18. The number of carbonyl (C=O) groups excluding carboxylic acids is 1. The molecule has 0 spiro atoms. The van der Waals surface area contributed by atoms with Crippen molar-refractivity contribution in [3.05, 3.63) is 36.2 Å². The summed E-state index contributed by atoms with van der Waals surface area (Å²) < 4.78 is 1.58. The molecule has 17 heavy (non-hydrogen) atoms. The third-order valence-corrected chi connectivity index (χ3v) is 2.18. The fraction of sp³-hybridized carbons (Fsp3) is 0. The molecule has 2 aromatic rings. The average molecular weight is 265 g/mol. The number of rotatable bonds is 2. The van der Waals surface area contributed by atoms with Crippen molar-refractivity contribution in [2.24, 2.45) is 0 Å². The van der Waals surface area contributed by atoms with Crippen LogP contribution in [0.1, 0.15) is 10.4 Å². The van der Waals surface area contributed by atoms with Crippen LogP contribution in [0.2, 0.25) is 0 Å². The van der Waals surface area contributed by atoms with Gasteiger partial charge in [0.15, 0.2) is 0 Å². The fourth-order valence-corrected chi connectivity index (χ4v) is 1.36. The van der Waals surface area contributed by atoms with Crippen LogP contribution in [0.3, 0.4) is 0 Å². The first-order valence-corrected chi connectivity index (χ1v) is 4.48. The van der Waals surface area contributed by atoms with Crippen molar-refractivity contribution in [3.63, 3.8) is 0 Å². The van der Waals surface area contributed by atoms with Gasteiger partial charge in [0.2, 0.25) is 0 Å². The van der Waals surface area contributed by atoms with Gasteiger partial charge in [0, 0.05) is 10.8 Å². The summed E-state index contributed by atoms with van der Waals surface area (Å²) >= 11 is 4.91. The van der Waals surface area contributed by atoms with E-state index in [0.29, 0.717) is 5.16 Å². The van der Waals surface area contributed by atoms with Gasteiger partial charge in [-0.2, -0.15) is 5.10 Å². The van der Waals surface area contributed by atoms with Gasteiger partial charge in [-0.15, -0.1) is 5.10 Å². The molecule has 0 unspecified atom stereocenters. The Hall–Kier alpha value is 0.0500. The number of hydrogen-bond donors (Lipinski definition) is 0. The van der Waals surface area contributed by atoms with Crippen LogP contribution < -0.4 is 64.2 Å². The van der Waals surface area contributed by atoms with E-state index in [-0.39, 0.29) is 64.7 Å². The smallest absolute Gasteiger partial charge is 0.740 e. The number of aromatic nitrogens is 3. The van der Waals surface area contributed by atoms with Gasteiger partial charge in [0.05, 0.1) is 5.97 Å². The van der Waals surface area contributed by atoms with Crippen molar-refractivity contribution >= 4 is 18.6 Å². The number of carboxylic acid groups (broad SMARTS) is 1.